The Hall–Kier alpha value is -1.52. The number of carbonyl (C=O) groups excluding carboxylic acids is 1. The van der Waals surface area contributed by atoms with E-state index in [4.69, 9.17) is 0 Å². The highest BCUT2D eigenvalue weighted by molar-refractivity contribution is 7.91. The van der Waals surface area contributed by atoms with Gasteiger partial charge in [-0.05, 0) is 43.9 Å². The van der Waals surface area contributed by atoms with Crippen LogP contribution in [0.3, 0.4) is 0 Å². The number of hydrogen-bond acceptors (Lipinski definition) is 5. The minimum absolute atomic E-state index is 0.0227. The van der Waals surface area contributed by atoms with Crippen molar-refractivity contribution >= 4 is 25.8 Å². The van der Waals surface area contributed by atoms with E-state index in [0.717, 1.165) is 25.0 Å². The third-order valence-electron chi connectivity index (χ3n) is 5.32. The molecule has 2 heterocycles. The maximum absolute atomic E-state index is 13.2. The van der Waals surface area contributed by atoms with Crippen LogP contribution in [-0.2, 0) is 24.7 Å². The molecule has 2 bridgehead atoms. The molecule has 2 fully saturated rings. The fourth-order valence-electron chi connectivity index (χ4n) is 4.02. The van der Waals surface area contributed by atoms with Crippen molar-refractivity contribution in [1.29, 1.82) is 0 Å². The molecule has 27 heavy (non-hydrogen) atoms. The zero-order valence-electron chi connectivity index (χ0n) is 15.0. The molecule has 150 valence electrons. The topological polar surface area (TPSA) is 101 Å². The quantitative estimate of drug-likeness (QED) is 0.745. The average molecular weight is 419 g/mol. The van der Waals surface area contributed by atoms with Gasteiger partial charge in [-0.15, -0.1) is 0 Å². The van der Waals surface area contributed by atoms with Crippen LogP contribution in [0.1, 0.15) is 32.1 Å². The van der Waals surface area contributed by atoms with Gasteiger partial charge in [0.25, 0.3) is 0 Å². The van der Waals surface area contributed by atoms with Crippen LogP contribution in [0.5, 0.6) is 0 Å². The summed E-state index contributed by atoms with van der Waals surface area (Å²) in [5, 5.41) is -0.412. The predicted octanol–water partition coefficient (Wildman–Crippen LogP) is 1.06. The monoisotopic (exact) mass is 418 g/mol. The highest BCUT2D eigenvalue weighted by Crippen LogP contribution is 2.38. The number of fused-ring (bicyclic) bond motifs is 2. The number of carbonyl (C=O) groups is 1. The fourth-order valence-corrected chi connectivity index (χ4v) is 6.23. The molecular formula is C17H23FN2O5S2. The molecule has 1 amide bonds. The number of amides is 1. The molecule has 0 saturated carbocycles. The Labute approximate surface area is 158 Å². The average Bonchev–Trinajstić information content (AvgIpc) is 2.83. The first kappa shape index (κ1) is 20.2. The van der Waals surface area contributed by atoms with E-state index in [1.54, 1.807) is 4.90 Å². The number of sulfonamides is 1. The molecule has 0 aromatic heterocycles. The van der Waals surface area contributed by atoms with Crippen LogP contribution in [0.25, 0.3) is 0 Å². The lowest BCUT2D eigenvalue weighted by Gasteiger charge is -2.38. The molecule has 10 heteroatoms. The summed E-state index contributed by atoms with van der Waals surface area (Å²) in [4.78, 5) is 14.1. The van der Waals surface area contributed by atoms with E-state index in [1.807, 2.05) is 0 Å². The lowest BCUT2D eigenvalue weighted by atomic mass is 10.0. The van der Waals surface area contributed by atoms with Gasteiger partial charge < -0.3 is 4.90 Å². The summed E-state index contributed by atoms with van der Waals surface area (Å²) in [7, 11) is -7.02. The summed E-state index contributed by atoms with van der Waals surface area (Å²) in [6.45, 7) is -0.0941. The van der Waals surface area contributed by atoms with E-state index in [1.165, 1.54) is 18.4 Å². The van der Waals surface area contributed by atoms with Gasteiger partial charge in [0.2, 0.25) is 15.9 Å². The summed E-state index contributed by atoms with van der Waals surface area (Å²) in [5.74, 6) is -0.837. The van der Waals surface area contributed by atoms with E-state index in [-0.39, 0.29) is 35.9 Å². The second-order valence-corrected chi connectivity index (χ2v) is 11.3. The molecule has 1 aromatic carbocycles. The number of piperidine rings is 1. The van der Waals surface area contributed by atoms with Gasteiger partial charge in [0, 0.05) is 31.3 Å². The summed E-state index contributed by atoms with van der Waals surface area (Å²) in [5.41, 5.74) is 0. The van der Waals surface area contributed by atoms with Crippen LogP contribution < -0.4 is 4.72 Å². The molecule has 7 nitrogen and oxygen atoms in total. The number of sulfone groups is 1. The van der Waals surface area contributed by atoms with Crippen molar-refractivity contribution in [2.45, 2.75) is 54.3 Å². The molecule has 2 atom stereocenters. The SMILES string of the molecule is CS(=O)(=O)C1CC2CCC(C1)N2C(=O)CCNS(=O)(=O)c1cccc(F)c1. The largest absolute Gasteiger partial charge is 0.337 e. The van der Waals surface area contributed by atoms with Crippen LogP contribution in [0.2, 0.25) is 0 Å². The van der Waals surface area contributed by atoms with E-state index < -0.39 is 30.9 Å². The Morgan fingerprint density at radius 3 is 2.37 bits per heavy atom. The van der Waals surface area contributed by atoms with Crippen molar-refractivity contribution in [2.24, 2.45) is 0 Å². The molecule has 2 saturated heterocycles. The Balaban J connectivity index is 1.58. The van der Waals surface area contributed by atoms with Gasteiger partial charge in [0.1, 0.15) is 15.7 Å². The summed E-state index contributed by atoms with van der Waals surface area (Å²) < 4.78 is 63.5. The Morgan fingerprint density at radius 2 is 1.81 bits per heavy atom. The number of rotatable bonds is 6. The van der Waals surface area contributed by atoms with Crippen molar-refractivity contribution in [1.82, 2.24) is 9.62 Å². The van der Waals surface area contributed by atoms with Crippen molar-refractivity contribution in [2.75, 3.05) is 12.8 Å². The highest BCUT2D eigenvalue weighted by Gasteiger charge is 2.45. The fraction of sp³-hybridized carbons (Fsp3) is 0.588. The molecule has 2 aliphatic rings. The Morgan fingerprint density at radius 1 is 1.19 bits per heavy atom. The smallest absolute Gasteiger partial charge is 0.240 e. The van der Waals surface area contributed by atoms with Crippen LogP contribution in [0.4, 0.5) is 4.39 Å². The number of nitrogens with one attached hydrogen (secondary N) is 1. The Kier molecular flexibility index (Phi) is 5.60. The van der Waals surface area contributed by atoms with Crippen LogP contribution in [0.15, 0.2) is 29.2 Å². The van der Waals surface area contributed by atoms with E-state index in [2.05, 4.69) is 4.72 Å². The Bertz CT molecular complexity index is 918. The summed E-state index contributed by atoms with van der Waals surface area (Å²) >= 11 is 0. The molecule has 3 rings (SSSR count). The van der Waals surface area contributed by atoms with Crippen LogP contribution >= 0.6 is 0 Å². The maximum Gasteiger partial charge on any atom is 0.240 e. The molecule has 1 N–H and O–H groups in total. The predicted molar refractivity (Wildman–Crippen MR) is 97.7 cm³/mol. The van der Waals surface area contributed by atoms with E-state index in [9.17, 15) is 26.0 Å². The molecule has 0 spiro atoms. The van der Waals surface area contributed by atoms with Gasteiger partial charge in [0.05, 0.1) is 10.1 Å². The zero-order chi connectivity index (χ0) is 19.8. The molecule has 0 radical (unpaired) electrons. The molecular weight excluding hydrogens is 395 g/mol. The maximum atomic E-state index is 13.2. The third kappa shape index (κ3) is 4.49. The highest BCUT2D eigenvalue weighted by atomic mass is 32.2. The number of nitrogens with zero attached hydrogens (tertiary/aromatic N) is 1. The number of benzene rings is 1. The molecule has 0 aliphatic carbocycles. The van der Waals surface area contributed by atoms with Crippen molar-refractivity contribution in [3.63, 3.8) is 0 Å². The van der Waals surface area contributed by atoms with Gasteiger partial charge in [0.15, 0.2) is 0 Å². The molecule has 2 unspecified atom stereocenters. The first-order valence-electron chi connectivity index (χ1n) is 8.83. The third-order valence-corrected chi connectivity index (χ3v) is 8.38. The summed E-state index contributed by atoms with van der Waals surface area (Å²) in [6, 6.07) is 4.45. The molecule has 1 aromatic rings. The second-order valence-electron chi connectivity index (χ2n) is 7.21. The van der Waals surface area contributed by atoms with Crippen molar-refractivity contribution in [3.8, 4) is 0 Å². The van der Waals surface area contributed by atoms with Gasteiger partial charge in [-0.1, -0.05) is 6.07 Å². The summed E-state index contributed by atoms with van der Waals surface area (Å²) in [6.07, 6.45) is 3.64. The van der Waals surface area contributed by atoms with Crippen molar-refractivity contribution < 1.29 is 26.0 Å². The minimum Gasteiger partial charge on any atom is -0.337 e. The second kappa shape index (κ2) is 7.48. The van der Waals surface area contributed by atoms with Crippen LogP contribution in [0, 0.1) is 5.82 Å². The van der Waals surface area contributed by atoms with Crippen molar-refractivity contribution in [3.05, 3.63) is 30.1 Å². The minimum atomic E-state index is -3.89. The van der Waals surface area contributed by atoms with Gasteiger partial charge >= 0.3 is 0 Å². The van der Waals surface area contributed by atoms with Crippen LogP contribution in [-0.4, -0.2) is 57.8 Å². The first-order valence-corrected chi connectivity index (χ1v) is 12.3. The zero-order valence-corrected chi connectivity index (χ0v) is 16.6. The van der Waals surface area contributed by atoms with Gasteiger partial charge in [-0.2, -0.15) is 0 Å². The standard InChI is InChI=1S/C17H23FN2O5S2/c1-26(22,23)16-10-13-5-6-14(11-16)20(13)17(21)7-8-19-27(24,25)15-4-2-3-12(18)9-15/h2-4,9,13-14,16,19H,5-8,10-11H2,1H3. The van der Waals surface area contributed by atoms with E-state index in [0.29, 0.717) is 12.8 Å². The lowest BCUT2D eigenvalue weighted by Crippen LogP contribution is -2.50. The lowest BCUT2D eigenvalue weighted by molar-refractivity contribution is -0.135. The normalized spacial score (nSPS) is 25.6. The van der Waals surface area contributed by atoms with E-state index >= 15 is 0 Å². The molecule has 2 aliphatic heterocycles. The van der Waals surface area contributed by atoms with Gasteiger partial charge in [-0.3, -0.25) is 4.79 Å². The first-order chi connectivity index (χ1) is 12.6. The number of hydrogen-bond donors (Lipinski definition) is 1. The number of halogens is 1. The van der Waals surface area contributed by atoms with Gasteiger partial charge in [-0.25, -0.2) is 25.9 Å².